The van der Waals surface area contributed by atoms with Crippen LogP contribution in [-0.2, 0) is 0 Å². The summed E-state index contributed by atoms with van der Waals surface area (Å²) in [6.07, 6.45) is 4.50. The number of hydrogen-bond donors (Lipinski definition) is 1. The van der Waals surface area contributed by atoms with Gasteiger partial charge in [0.2, 0.25) is 0 Å². The molecule has 16 heavy (non-hydrogen) atoms. The lowest BCUT2D eigenvalue weighted by molar-refractivity contribution is -0.0653. The van der Waals surface area contributed by atoms with Crippen molar-refractivity contribution in [2.45, 2.75) is 90.4 Å². The van der Waals surface area contributed by atoms with Gasteiger partial charge in [0.15, 0.2) is 0 Å². The number of rotatable bonds is 3. The predicted molar refractivity (Wildman–Crippen MR) is 69.6 cm³/mol. The maximum Gasteiger partial charge on any atom is 0.0529 e. The minimum absolute atomic E-state index is 0.0809. The predicted octanol–water partition coefficient (Wildman–Crippen LogP) is 3.19. The minimum Gasteiger partial charge on any atom is -0.393 e. The van der Waals surface area contributed by atoms with Gasteiger partial charge in [-0.1, -0.05) is 6.42 Å². The van der Waals surface area contributed by atoms with Crippen LogP contribution in [0.2, 0.25) is 0 Å². The second kappa shape index (κ2) is 4.66. The van der Waals surface area contributed by atoms with Crippen LogP contribution in [0.3, 0.4) is 0 Å². The fourth-order valence-corrected chi connectivity index (χ4v) is 3.91. The van der Waals surface area contributed by atoms with Gasteiger partial charge in [0.1, 0.15) is 0 Å². The Morgan fingerprint density at radius 2 is 2.00 bits per heavy atom. The van der Waals surface area contributed by atoms with Crippen LogP contribution in [0.4, 0.5) is 0 Å². The zero-order chi connectivity index (χ0) is 12.6. The third-order valence-electron chi connectivity index (χ3n) is 3.95. The van der Waals surface area contributed by atoms with Crippen molar-refractivity contribution in [3.8, 4) is 0 Å². The van der Waals surface area contributed by atoms with Crippen molar-refractivity contribution >= 4 is 0 Å². The second-order valence-corrected chi connectivity index (χ2v) is 6.79. The maximum atomic E-state index is 9.65. The summed E-state index contributed by atoms with van der Waals surface area (Å²) in [7, 11) is 0. The Bertz CT molecular complexity index is 233. The molecule has 1 aliphatic rings. The summed E-state index contributed by atoms with van der Waals surface area (Å²) in [6, 6.07) is 0.623. The van der Waals surface area contributed by atoms with Gasteiger partial charge in [-0.3, -0.25) is 4.90 Å². The van der Waals surface area contributed by atoms with Crippen molar-refractivity contribution in [2.75, 3.05) is 0 Å². The molecule has 2 atom stereocenters. The van der Waals surface area contributed by atoms with Crippen LogP contribution in [0.5, 0.6) is 0 Å². The molecule has 0 spiro atoms. The van der Waals surface area contributed by atoms with E-state index in [9.17, 15) is 5.11 Å². The molecule has 1 saturated heterocycles. The number of aliphatic hydroxyl groups is 1. The standard InChI is InChI=1S/C14H29NO/c1-11-8-7-9-13(3,4)15(11)14(5,6)10-12(2)16/h11-12,16H,7-10H2,1-6H3. The number of nitrogens with zero attached hydrogens (tertiary/aromatic N) is 1. The van der Waals surface area contributed by atoms with E-state index >= 15 is 0 Å². The minimum atomic E-state index is -0.222. The monoisotopic (exact) mass is 227 g/mol. The molecule has 96 valence electrons. The molecule has 2 nitrogen and oxygen atoms in total. The molecule has 0 bridgehead atoms. The number of hydrogen-bond acceptors (Lipinski definition) is 2. The molecule has 0 saturated carbocycles. The topological polar surface area (TPSA) is 23.5 Å². The first-order valence-electron chi connectivity index (χ1n) is 6.64. The summed E-state index contributed by atoms with van der Waals surface area (Å²) < 4.78 is 0. The first-order valence-corrected chi connectivity index (χ1v) is 6.64. The summed E-state index contributed by atoms with van der Waals surface area (Å²) >= 11 is 0. The van der Waals surface area contributed by atoms with E-state index in [1.807, 2.05) is 6.92 Å². The Kier molecular flexibility index (Phi) is 4.07. The van der Waals surface area contributed by atoms with E-state index in [-0.39, 0.29) is 17.2 Å². The summed E-state index contributed by atoms with van der Waals surface area (Å²) in [4.78, 5) is 2.62. The van der Waals surface area contributed by atoms with E-state index in [2.05, 4.69) is 39.5 Å². The van der Waals surface area contributed by atoms with E-state index < -0.39 is 0 Å². The molecule has 1 heterocycles. The van der Waals surface area contributed by atoms with E-state index in [1.54, 1.807) is 0 Å². The molecule has 1 fully saturated rings. The quantitative estimate of drug-likeness (QED) is 0.800. The van der Waals surface area contributed by atoms with Crippen LogP contribution in [0.25, 0.3) is 0 Å². The average Bonchev–Trinajstić information content (AvgIpc) is 1.97. The Labute approximate surface area is 101 Å². The molecule has 0 amide bonds. The molecule has 1 N–H and O–H groups in total. The third-order valence-corrected chi connectivity index (χ3v) is 3.95. The van der Waals surface area contributed by atoms with Gasteiger partial charge >= 0.3 is 0 Å². The molecule has 1 rings (SSSR count). The van der Waals surface area contributed by atoms with Gasteiger partial charge < -0.3 is 5.11 Å². The van der Waals surface area contributed by atoms with Gasteiger partial charge in [0.05, 0.1) is 6.10 Å². The molecule has 1 aliphatic heterocycles. The maximum absolute atomic E-state index is 9.65. The van der Waals surface area contributed by atoms with Gasteiger partial charge in [0, 0.05) is 17.1 Å². The van der Waals surface area contributed by atoms with Crippen LogP contribution < -0.4 is 0 Å². The molecule has 2 unspecified atom stereocenters. The third kappa shape index (κ3) is 2.98. The van der Waals surface area contributed by atoms with E-state index in [0.717, 1.165) is 6.42 Å². The molecule has 0 aromatic rings. The Hall–Kier alpha value is -0.0800. The largest absolute Gasteiger partial charge is 0.393 e. The number of likely N-dealkylation sites (tertiary alicyclic amines) is 1. The van der Waals surface area contributed by atoms with Crippen molar-refractivity contribution in [1.29, 1.82) is 0 Å². The average molecular weight is 227 g/mol. The smallest absolute Gasteiger partial charge is 0.0529 e. The molecule has 0 aliphatic carbocycles. The Morgan fingerprint density at radius 1 is 1.44 bits per heavy atom. The lowest BCUT2D eigenvalue weighted by Gasteiger charge is -2.55. The molecule has 0 radical (unpaired) electrons. The summed E-state index contributed by atoms with van der Waals surface area (Å²) in [5, 5.41) is 9.65. The molecule has 0 aromatic carbocycles. The SMILES string of the molecule is CC(O)CC(C)(C)N1C(C)CCCC1(C)C. The first-order chi connectivity index (χ1) is 7.17. The number of piperidine rings is 1. The number of aliphatic hydroxyl groups excluding tert-OH is 1. The Balaban J connectivity index is 2.88. The van der Waals surface area contributed by atoms with Crippen molar-refractivity contribution in [2.24, 2.45) is 0 Å². The van der Waals surface area contributed by atoms with E-state index in [0.29, 0.717) is 6.04 Å². The first kappa shape index (κ1) is 14.0. The van der Waals surface area contributed by atoms with Crippen molar-refractivity contribution < 1.29 is 5.11 Å². The fourth-order valence-electron chi connectivity index (χ4n) is 3.91. The summed E-state index contributed by atoms with van der Waals surface area (Å²) in [5.41, 5.74) is 0.341. The van der Waals surface area contributed by atoms with Gasteiger partial charge in [-0.2, -0.15) is 0 Å². The van der Waals surface area contributed by atoms with Crippen LogP contribution >= 0.6 is 0 Å². The highest BCUT2D eigenvalue weighted by molar-refractivity contribution is 4.98. The van der Waals surface area contributed by atoms with Crippen molar-refractivity contribution in [3.05, 3.63) is 0 Å². The lowest BCUT2D eigenvalue weighted by atomic mass is 9.80. The molecule has 0 aromatic heterocycles. The van der Waals surface area contributed by atoms with Gasteiger partial charge in [-0.05, 0) is 60.8 Å². The molecule has 2 heteroatoms. The van der Waals surface area contributed by atoms with Gasteiger partial charge in [-0.25, -0.2) is 0 Å². The van der Waals surface area contributed by atoms with Crippen LogP contribution in [0, 0.1) is 0 Å². The van der Waals surface area contributed by atoms with Crippen LogP contribution in [-0.4, -0.2) is 33.2 Å². The zero-order valence-corrected chi connectivity index (χ0v) is 11.9. The normalized spacial score (nSPS) is 29.1. The highest BCUT2D eigenvalue weighted by Gasteiger charge is 2.42. The van der Waals surface area contributed by atoms with Crippen molar-refractivity contribution in [1.82, 2.24) is 4.90 Å². The van der Waals surface area contributed by atoms with E-state index in [1.165, 1.54) is 19.3 Å². The van der Waals surface area contributed by atoms with Gasteiger partial charge in [-0.15, -0.1) is 0 Å². The summed E-state index contributed by atoms with van der Waals surface area (Å²) in [5.74, 6) is 0. The molecular weight excluding hydrogens is 198 g/mol. The van der Waals surface area contributed by atoms with Crippen molar-refractivity contribution in [3.63, 3.8) is 0 Å². The highest BCUT2D eigenvalue weighted by atomic mass is 16.3. The highest BCUT2D eigenvalue weighted by Crippen LogP contribution is 2.39. The fraction of sp³-hybridized carbons (Fsp3) is 1.00. The van der Waals surface area contributed by atoms with Crippen LogP contribution in [0.1, 0.15) is 67.2 Å². The molecular formula is C14H29NO. The summed E-state index contributed by atoms with van der Waals surface area (Å²) in [6.45, 7) is 13.4. The Morgan fingerprint density at radius 3 is 2.44 bits per heavy atom. The van der Waals surface area contributed by atoms with Gasteiger partial charge in [0.25, 0.3) is 0 Å². The van der Waals surface area contributed by atoms with E-state index in [4.69, 9.17) is 0 Å². The second-order valence-electron chi connectivity index (χ2n) is 6.79. The lowest BCUT2D eigenvalue weighted by Crippen LogP contribution is -2.61. The van der Waals surface area contributed by atoms with Crippen LogP contribution in [0.15, 0.2) is 0 Å². The zero-order valence-electron chi connectivity index (χ0n) is 11.9.